The van der Waals surface area contributed by atoms with Crippen LogP contribution in [0.5, 0.6) is 0 Å². The van der Waals surface area contributed by atoms with E-state index in [2.05, 4.69) is 4.98 Å². The maximum Gasteiger partial charge on any atom is 0.150 e. The molecule has 2 rings (SSSR count). The molecule has 4 N–H and O–H groups in total. The predicted molar refractivity (Wildman–Crippen MR) is 71.6 cm³/mol. The zero-order chi connectivity index (χ0) is 12.6. The second-order valence-corrected chi connectivity index (χ2v) is 4.45. The van der Waals surface area contributed by atoms with Crippen LogP contribution in [-0.4, -0.2) is 9.66 Å². The molecule has 0 aliphatic rings. The second-order valence-electron chi connectivity index (χ2n) is 3.61. The van der Waals surface area contributed by atoms with E-state index in [4.69, 9.17) is 34.8 Å². The van der Waals surface area contributed by atoms with Gasteiger partial charge in [-0.15, -0.1) is 0 Å². The van der Waals surface area contributed by atoms with Gasteiger partial charge in [-0.05, 0) is 18.2 Å². The molecule has 90 valence electrons. The van der Waals surface area contributed by atoms with Gasteiger partial charge in [0.15, 0.2) is 5.82 Å². The Balaban J connectivity index is 2.60. The van der Waals surface area contributed by atoms with Crippen LogP contribution in [0.15, 0.2) is 18.2 Å². The average molecular weight is 271 g/mol. The highest BCUT2D eigenvalue weighted by Crippen LogP contribution is 2.33. The van der Waals surface area contributed by atoms with Crippen molar-refractivity contribution in [1.29, 1.82) is 0 Å². The van der Waals surface area contributed by atoms with Crippen LogP contribution >= 0.6 is 23.2 Å². The van der Waals surface area contributed by atoms with E-state index in [-0.39, 0.29) is 0 Å². The van der Waals surface area contributed by atoms with Crippen molar-refractivity contribution >= 4 is 29.0 Å². The molecule has 0 aliphatic carbocycles. The molecular formula is C11H12Cl2N4. The summed E-state index contributed by atoms with van der Waals surface area (Å²) in [7, 11) is 0. The van der Waals surface area contributed by atoms with E-state index in [0.29, 0.717) is 33.8 Å². The highest BCUT2D eigenvalue weighted by atomic mass is 35.5. The molecule has 0 saturated heterocycles. The number of anilines is 1. The van der Waals surface area contributed by atoms with Crippen LogP contribution in [0.4, 0.5) is 5.82 Å². The van der Waals surface area contributed by atoms with Gasteiger partial charge >= 0.3 is 0 Å². The topological polar surface area (TPSA) is 69.9 Å². The number of nitrogens with zero attached hydrogens (tertiary/aromatic N) is 2. The Labute approximate surface area is 109 Å². The maximum absolute atomic E-state index is 6.11. The summed E-state index contributed by atoms with van der Waals surface area (Å²) in [5, 5.41) is 1.07. The average Bonchev–Trinajstić information content (AvgIpc) is 2.57. The van der Waals surface area contributed by atoms with Crippen LogP contribution in [0.25, 0.3) is 11.3 Å². The van der Waals surface area contributed by atoms with Crippen molar-refractivity contribution in [2.75, 3.05) is 11.6 Å². The smallest absolute Gasteiger partial charge is 0.150 e. The molecule has 0 fully saturated rings. The number of imidazole rings is 1. The fourth-order valence-corrected chi connectivity index (χ4v) is 2.12. The van der Waals surface area contributed by atoms with E-state index in [9.17, 15) is 0 Å². The van der Waals surface area contributed by atoms with Gasteiger partial charge in [0.2, 0.25) is 0 Å². The molecule has 0 amide bonds. The summed E-state index contributed by atoms with van der Waals surface area (Å²) >= 11 is 12.0. The van der Waals surface area contributed by atoms with Gasteiger partial charge in [0.05, 0.1) is 5.02 Å². The number of hydrogen-bond acceptors (Lipinski definition) is 3. The van der Waals surface area contributed by atoms with E-state index in [1.807, 2.05) is 6.92 Å². The number of rotatable bonds is 2. The Hall–Kier alpha value is -1.39. The SMILES string of the molecule is CCc1nc(-c2ccc(Cl)cc2Cl)c(N)n1N. The van der Waals surface area contributed by atoms with Gasteiger partial charge in [0.25, 0.3) is 0 Å². The quantitative estimate of drug-likeness (QED) is 0.825. The molecule has 0 spiro atoms. The molecule has 4 nitrogen and oxygen atoms in total. The number of aryl methyl sites for hydroxylation is 1. The van der Waals surface area contributed by atoms with Crippen LogP contribution in [0.3, 0.4) is 0 Å². The molecule has 0 atom stereocenters. The maximum atomic E-state index is 6.11. The molecule has 0 bridgehead atoms. The minimum absolute atomic E-state index is 0.395. The summed E-state index contributed by atoms with van der Waals surface area (Å²) < 4.78 is 1.38. The molecule has 0 radical (unpaired) electrons. The Morgan fingerprint density at radius 1 is 1.35 bits per heavy atom. The standard InChI is InChI=1S/C11H12Cl2N4/c1-2-9-16-10(11(14)17(9)15)7-4-3-6(12)5-8(7)13/h3-5H,2,14-15H2,1H3. The zero-order valence-corrected chi connectivity index (χ0v) is 10.8. The van der Waals surface area contributed by atoms with Crippen molar-refractivity contribution in [3.63, 3.8) is 0 Å². The predicted octanol–water partition coefficient (Wildman–Crippen LogP) is 2.72. The third-order valence-electron chi connectivity index (χ3n) is 2.52. The molecule has 1 aromatic heterocycles. The third-order valence-corrected chi connectivity index (χ3v) is 3.07. The lowest BCUT2D eigenvalue weighted by atomic mass is 10.1. The molecule has 1 heterocycles. The van der Waals surface area contributed by atoms with Crippen LogP contribution in [-0.2, 0) is 6.42 Å². The Morgan fingerprint density at radius 3 is 2.59 bits per heavy atom. The minimum Gasteiger partial charge on any atom is -0.382 e. The largest absolute Gasteiger partial charge is 0.382 e. The van der Waals surface area contributed by atoms with Crippen LogP contribution < -0.4 is 11.6 Å². The molecule has 0 unspecified atom stereocenters. The van der Waals surface area contributed by atoms with Gasteiger partial charge in [0.1, 0.15) is 11.5 Å². The van der Waals surface area contributed by atoms with Gasteiger partial charge < -0.3 is 11.6 Å². The van der Waals surface area contributed by atoms with Crippen LogP contribution in [0.1, 0.15) is 12.7 Å². The zero-order valence-electron chi connectivity index (χ0n) is 9.24. The summed E-state index contributed by atoms with van der Waals surface area (Å²) in [6, 6.07) is 5.17. The van der Waals surface area contributed by atoms with Crippen molar-refractivity contribution < 1.29 is 0 Å². The summed E-state index contributed by atoms with van der Waals surface area (Å²) in [5.41, 5.74) is 7.22. The summed E-state index contributed by atoms with van der Waals surface area (Å²) in [6.07, 6.45) is 0.700. The van der Waals surface area contributed by atoms with Gasteiger partial charge in [-0.3, -0.25) is 0 Å². The molecular weight excluding hydrogens is 259 g/mol. The van der Waals surface area contributed by atoms with E-state index in [1.54, 1.807) is 18.2 Å². The Bertz CT molecular complexity index is 563. The van der Waals surface area contributed by atoms with Crippen LogP contribution in [0.2, 0.25) is 10.0 Å². The first-order valence-electron chi connectivity index (χ1n) is 5.12. The first-order chi connectivity index (χ1) is 8.04. The lowest BCUT2D eigenvalue weighted by molar-refractivity contribution is 0.865. The number of nitrogens with two attached hydrogens (primary N) is 2. The molecule has 6 heteroatoms. The first-order valence-corrected chi connectivity index (χ1v) is 5.87. The fraction of sp³-hybridized carbons (Fsp3) is 0.182. The molecule has 0 saturated carbocycles. The fourth-order valence-electron chi connectivity index (χ4n) is 1.62. The number of halogens is 2. The highest BCUT2D eigenvalue weighted by molar-refractivity contribution is 6.36. The summed E-state index contributed by atoms with van der Waals surface area (Å²) in [4.78, 5) is 4.37. The molecule has 1 aromatic carbocycles. The Morgan fingerprint density at radius 2 is 2.06 bits per heavy atom. The number of hydrogen-bond donors (Lipinski definition) is 2. The minimum atomic E-state index is 0.395. The van der Waals surface area contributed by atoms with Gasteiger partial charge in [0, 0.05) is 17.0 Å². The van der Waals surface area contributed by atoms with Gasteiger partial charge in [-0.2, -0.15) is 0 Å². The highest BCUT2D eigenvalue weighted by Gasteiger charge is 2.15. The number of nitrogen functional groups attached to an aromatic ring is 2. The van der Waals surface area contributed by atoms with Gasteiger partial charge in [-0.1, -0.05) is 30.1 Å². The van der Waals surface area contributed by atoms with Gasteiger partial charge in [-0.25, -0.2) is 9.66 Å². The lowest BCUT2D eigenvalue weighted by Gasteiger charge is -2.03. The van der Waals surface area contributed by atoms with E-state index >= 15 is 0 Å². The van der Waals surface area contributed by atoms with E-state index in [0.717, 1.165) is 5.56 Å². The normalized spacial score (nSPS) is 10.8. The Kier molecular flexibility index (Phi) is 3.17. The number of aromatic nitrogens is 2. The summed E-state index contributed by atoms with van der Waals surface area (Å²) in [5.74, 6) is 6.90. The van der Waals surface area contributed by atoms with Crippen molar-refractivity contribution in [3.8, 4) is 11.3 Å². The van der Waals surface area contributed by atoms with Crippen molar-refractivity contribution in [1.82, 2.24) is 9.66 Å². The summed E-state index contributed by atoms with van der Waals surface area (Å²) in [6.45, 7) is 1.96. The van der Waals surface area contributed by atoms with Crippen molar-refractivity contribution in [2.45, 2.75) is 13.3 Å². The van der Waals surface area contributed by atoms with Crippen molar-refractivity contribution in [2.24, 2.45) is 0 Å². The van der Waals surface area contributed by atoms with E-state index < -0.39 is 0 Å². The first kappa shape index (κ1) is 12.1. The lowest BCUT2D eigenvalue weighted by Crippen LogP contribution is -2.14. The molecule has 2 aromatic rings. The van der Waals surface area contributed by atoms with E-state index in [1.165, 1.54) is 4.68 Å². The monoisotopic (exact) mass is 270 g/mol. The van der Waals surface area contributed by atoms with Crippen molar-refractivity contribution in [3.05, 3.63) is 34.1 Å². The molecule has 17 heavy (non-hydrogen) atoms. The number of benzene rings is 1. The molecule has 0 aliphatic heterocycles. The third kappa shape index (κ3) is 2.06. The second kappa shape index (κ2) is 4.47. The van der Waals surface area contributed by atoms with Crippen LogP contribution in [0, 0.1) is 0 Å².